The molecule has 1 aliphatic carbocycles. The van der Waals surface area contributed by atoms with Crippen LogP contribution in [-0.2, 0) is 17.7 Å². The fourth-order valence-electron chi connectivity index (χ4n) is 3.40. The third-order valence-corrected chi connectivity index (χ3v) is 4.88. The van der Waals surface area contributed by atoms with Crippen molar-refractivity contribution < 1.29 is 4.74 Å². The van der Waals surface area contributed by atoms with Crippen LogP contribution in [0.25, 0.3) is 0 Å². The molecule has 7 nitrogen and oxygen atoms in total. The van der Waals surface area contributed by atoms with E-state index in [9.17, 15) is 0 Å². The van der Waals surface area contributed by atoms with E-state index in [1.54, 1.807) is 6.33 Å². The minimum atomic E-state index is 0. The minimum absolute atomic E-state index is 0. The van der Waals surface area contributed by atoms with Crippen LogP contribution in [0, 0.1) is 5.92 Å². The Morgan fingerprint density at radius 3 is 2.92 bits per heavy atom. The second-order valence-electron chi connectivity index (χ2n) is 6.77. The van der Waals surface area contributed by atoms with Gasteiger partial charge in [0.2, 0.25) is 0 Å². The molecule has 2 N–H and O–H groups in total. The maximum Gasteiger partial charge on any atom is 0.191 e. The van der Waals surface area contributed by atoms with Crippen LogP contribution in [0.2, 0.25) is 0 Å². The van der Waals surface area contributed by atoms with Gasteiger partial charge in [-0.15, -0.1) is 34.2 Å². The maximum atomic E-state index is 5.45. The average Bonchev–Trinajstić information content (AvgIpc) is 3.34. The van der Waals surface area contributed by atoms with Crippen LogP contribution in [0.4, 0.5) is 0 Å². The van der Waals surface area contributed by atoms with Gasteiger partial charge in [0.05, 0.1) is 6.61 Å². The van der Waals surface area contributed by atoms with Gasteiger partial charge in [-0.05, 0) is 19.3 Å². The molecule has 3 rings (SSSR count). The first kappa shape index (κ1) is 20.4. The minimum Gasteiger partial charge on any atom is -0.381 e. The zero-order valence-electron chi connectivity index (χ0n) is 15.1. The topological polar surface area (TPSA) is 76.4 Å². The normalized spacial score (nSPS) is 21.3. The second-order valence-corrected chi connectivity index (χ2v) is 6.77. The fraction of sp³-hybridized carbons (Fsp3) is 0.824. The summed E-state index contributed by atoms with van der Waals surface area (Å²) in [6.07, 6.45) is 8.97. The second kappa shape index (κ2) is 10.9. The van der Waals surface area contributed by atoms with Gasteiger partial charge in [0, 0.05) is 44.6 Å². The molecule has 1 saturated carbocycles. The van der Waals surface area contributed by atoms with Gasteiger partial charge in [0.15, 0.2) is 5.96 Å². The van der Waals surface area contributed by atoms with Crippen molar-refractivity contribution >= 4 is 29.9 Å². The van der Waals surface area contributed by atoms with Crippen molar-refractivity contribution in [3.05, 3.63) is 12.2 Å². The molecule has 2 fully saturated rings. The third-order valence-electron chi connectivity index (χ3n) is 4.88. The highest BCUT2D eigenvalue weighted by molar-refractivity contribution is 14.0. The standard InChI is InChI=1S/C17H30N6O.HI/c1-2-16-22-20-13-23(16)9-8-18-17(21-15-5-3-4-6-15)19-11-14-7-10-24-12-14;/h13-15H,2-12H2,1H3,(H2,18,19,21);1H. The first-order chi connectivity index (χ1) is 11.8. The van der Waals surface area contributed by atoms with Crippen molar-refractivity contribution in [2.24, 2.45) is 10.9 Å². The molecule has 0 spiro atoms. The molecule has 2 heterocycles. The molecule has 0 aromatic carbocycles. The maximum absolute atomic E-state index is 5.45. The summed E-state index contributed by atoms with van der Waals surface area (Å²) in [5.74, 6) is 2.54. The smallest absolute Gasteiger partial charge is 0.191 e. The summed E-state index contributed by atoms with van der Waals surface area (Å²) in [7, 11) is 0. The lowest BCUT2D eigenvalue weighted by molar-refractivity contribution is 0.187. The van der Waals surface area contributed by atoms with E-state index < -0.39 is 0 Å². The van der Waals surface area contributed by atoms with Crippen LogP contribution in [0.5, 0.6) is 0 Å². The number of hydrogen-bond acceptors (Lipinski definition) is 4. The van der Waals surface area contributed by atoms with Crippen molar-refractivity contribution in [3.8, 4) is 0 Å². The summed E-state index contributed by atoms with van der Waals surface area (Å²) in [6, 6.07) is 0.567. The number of aliphatic imine (C=N–C) groups is 1. The molecule has 0 bridgehead atoms. The largest absolute Gasteiger partial charge is 0.381 e. The van der Waals surface area contributed by atoms with E-state index in [2.05, 4.69) is 32.3 Å². The molecular weight excluding hydrogens is 431 g/mol. The fourth-order valence-corrected chi connectivity index (χ4v) is 3.40. The number of guanidine groups is 1. The molecule has 0 amide bonds. The predicted molar refractivity (Wildman–Crippen MR) is 109 cm³/mol. The monoisotopic (exact) mass is 462 g/mol. The Morgan fingerprint density at radius 1 is 1.36 bits per heavy atom. The van der Waals surface area contributed by atoms with E-state index in [1.807, 2.05) is 0 Å². The van der Waals surface area contributed by atoms with E-state index in [0.717, 1.165) is 57.5 Å². The lowest BCUT2D eigenvalue weighted by atomic mass is 10.1. The number of nitrogens with one attached hydrogen (secondary N) is 2. The van der Waals surface area contributed by atoms with Crippen molar-refractivity contribution in [3.63, 3.8) is 0 Å². The van der Waals surface area contributed by atoms with Gasteiger partial charge in [0.25, 0.3) is 0 Å². The first-order valence-corrected chi connectivity index (χ1v) is 9.34. The van der Waals surface area contributed by atoms with Gasteiger partial charge in [0.1, 0.15) is 12.2 Å². The van der Waals surface area contributed by atoms with Gasteiger partial charge in [-0.2, -0.15) is 0 Å². The van der Waals surface area contributed by atoms with Crippen molar-refractivity contribution in [2.75, 3.05) is 26.3 Å². The summed E-state index contributed by atoms with van der Waals surface area (Å²) < 4.78 is 7.55. The Bertz CT molecular complexity index is 523. The Morgan fingerprint density at radius 2 is 2.20 bits per heavy atom. The Labute approximate surface area is 167 Å². The highest BCUT2D eigenvalue weighted by Gasteiger charge is 2.18. The van der Waals surface area contributed by atoms with Crippen molar-refractivity contribution in [1.29, 1.82) is 0 Å². The van der Waals surface area contributed by atoms with Crippen LogP contribution < -0.4 is 10.6 Å². The highest BCUT2D eigenvalue weighted by Crippen LogP contribution is 2.17. The van der Waals surface area contributed by atoms with Crippen LogP contribution in [-0.4, -0.2) is 53.1 Å². The molecule has 2 aliphatic rings. The predicted octanol–water partition coefficient (Wildman–Crippen LogP) is 1.97. The molecular formula is C17H31IN6O. The Kier molecular flexibility index (Phi) is 8.94. The molecule has 25 heavy (non-hydrogen) atoms. The van der Waals surface area contributed by atoms with Gasteiger partial charge in [-0.25, -0.2) is 0 Å². The summed E-state index contributed by atoms with van der Waals surface area (Å²) in [6.45, 7) is 6.35. The molecule has 1 aromatic heterocycles. The molecule has 1 aromatic rings. The van der Waals surface area contributed by atoms with Crippen LogP contribution >= 0.6 is 24.0 Å². The van der Waals surface area contributed by atoms with Gasteiger partial charge in [-0.3, -0.25) is 4.99 Å². The van der Waals surface area contributed by atoms with E-state index in [1.165, 1.54) is 25.7 Å². The Hall–Kier alpha value is -0.900. The van der Waals surface area contributed by atoms with E-state index in [0.29, 0.717) is 12.0 Å². The quantitative estimate of drug-likeness (QED) is 0.368. The summed E-state index contributed by atoms with van der Waals surface area (Å²) in [5.41, 5.74) is 0. The highest BCUT2D eigenvalue weighted by atomic mass is 127. The van der Waals surface area contributed by atoms with E-state index >= 15 is 0 Å². The lowest BCUT2D eigenvalue weighted by Crippen LogP contribution is -2.43. The number of aromatic nitrogens is 3. The van der Waals surface area contributed by atoms with Gasteiger partial charge < -0.3 is 19.9 Å². The molecule has 142 valence electrons. The third kappa shape index (κ3) is 6.40. The van der Waals surface area contributed by atoms with E-state index in [4.69, 9.17) is 9.73 Å². The molecule has 1 aliphatic heterocycles. The summed E-state index contributed by atoms with van der Waals surface area (Å²) >= 11 is 0. The zero-order chi connectivity index (χ0) is 16.6. The number of rotatable bonds is 7. The average molecular weight is 462 g/mol. The number of aryl methyl sites for hydroxylation is 1. The zero-order valence-corrected chi connectivity index (χ0v) is 17.4. The number of nitrogens with zero attached hydrogens (tertiary/aromatic N) is 4. The molecule has 8 heteroatoms. The summed E-state index contributed by atoms with van der Waals surface area (Å²) in [4.78, 5) is 4.80. The molecule has 0 radical (unpaired) electrons. The van der Waals surface area contributed by atoms with Crippen LogP contribution in [0.3, 0.4) is 0 Å². The Balaban J connectivity index is 0.00000225. The van der Waals surface area contributed by atoms with Crippen molar-refractivity contribution in [1.82, 2.24) is 25.4 Å². The lowest BCUT2D eigenvalue weighted by Gasteiger charge is -2.18. The SMILES string of the molecule is CCc1nncn1CCNC(=NCC1CCOC1)NC1CCCC1.I. The van der Waals surface area contributed by atoms with Gasteiger partial charge >= 0.3 is 0 Å². The molecule has 1 atom stereocenters. The van der Waals surface area contributed by atoms with Gasteiger partial charge in [-0.1, -0.05) is 19.8 Å². The number of hydrogen-bond donors (Lipinski definition) is 2. The first-order valence-electron chi connectivity index (χ1n) is 9.34. The number of ether oxygens (including phenoxy) is 1. The van der Waals surface area contributed by atoms with E-state index in [-0.39, 0.29) is 24.0 Å². The number of halogens is 1. The van der Waals surface area contributed by atoms with Crippen molar-refractivity contribution in [2.45, 2.75) is 58.0 Å². The van der Waals surface area contributed by atoms with Crippen LogP contribution in [0.1, 0.15) is 44.9 Å². The molecule has 1 unspecified atom stereocenters. The molecule has 1 saturated heterocycles. The summed E-state index contributed by atoms with van der Waals surface area (Å²) in [5, 5.41) is 15.2. The van der Waals surface area contributed by atoms with Crippen LogP contribution in [0.15, 0.2) is 11.3 Å².